The lowest BCUT2D eigenvalue weighted by atomic mass is 9.84. The summed E-state index contributed by atoms with van der Waals surface area (Å²) in [5.74, 6) is 0. The molecule has 0 bridgehead atoms. The largest absolute Gasteiger partial charge is 0.384 e. The van der Waals surface area contributed by atoms with E-state index in [0.29, 0.717) is 0 Å². The molecule has 1 aliphatic rings. The number of aliphatic hydroxyl groups is 1. The summed E-state index contributed by atoms with van der Waals surface area (Å²) in [6.45, 7) is 1.99. The van der Waals surface area contributed by atoms with Crippen LogP contribution >= 0.6 is 22.9 Å². The third kappa shape index (κ3) is 1.83. The fourth-order valence-corrected chi connectivity index (χ4v) is 3.42. The highest BCUT2D eigenvalue weighted by atomic mass is 35.5. The summed E-state index contributed by atoms with van der Waals surface area (Å²) in [6.07, 6.45) is 5.29. The van der Waals surface area contributed by atoms with Crippen LogP contribution in [0.2, 0.25) is 4.34 Å². The average Bonchev–Trinajstić information content (AvgIpc) is 2.49. The molecule has 14 heavy (non-hydrogen) atoms. The number of hydrogen-bond donors (Lipinski definition) is 1. The molecule has 78 valence electrons. The van der Waals surface area contributed by atoms with Crippen LogP contribution in [0, 0.1) is 6.92 Å². The van der Waals surface area contributed by atoms with Gasteiger partial charge in [-0.05, 0) is 31.4 Å². The van der Waals surface area contributed by atoms with Crippen LogP contribution in [-0.4, -0.2) is 5.11 Å². The Morgan fingerprint density at radius 2 is 2.00 bits per heavy atom. The van der Waals surface area contributed by atoms with Crippen LogP contribution in [0.5, 0.6) is 0 Å². The van der Waals surface area contributed by atoms with E-state index in [1.54, 1.807) is 0 Å². The lowest BCUT2D eigenvalue weighted by molar-refractivity contribution is 0.00280. The second-order valence-electron chi connectivity index (χ2n) is 4.16. The van der Waals surface area contributed by atoms with Crippen LogP contribution < -0.4 is 0 Å². The SMILES string of the molecule is Cc1cc(C2(O)CCCCC2)sc1Cl. The summed E-state index contributed by atoms with van der Waals surface area (Å²) in [7, 11) is 0. The molecule has 1 aromatic rings. The molecule has 1 fully saturated rings. The Morgan fingerprint density at radius 3 is 2.50 bits per heavy atom. The molecule has 0 spiro atoms. The molecule has 2 rings (SSSR count). The van der Waals surface area contributed by atoms with Crippen LogP contribution in [-0.2, 0) is 5.60 Å². The molecule has 0 aliphatic heterocycles. The van der Waals surface area contributed by atoms with Gasteiger partial charge in [-0.15, -0.1) is 11.3 Å². The van der Waals surface area contributed by atoms with Gasteiger partial charge in [0.25, 0.3) is 0 Å². The maximum Gasteiger partial charge on any atom is 0.0988 e. The topological polar surface area (TPSA) is 20.2 Å². The summed E-state index contributed by atoms with van der Waals surface area (Å²) in [5, 5.41) is 10.4. The maximum absolute atomic E-state index is 10.4. The van der Waals surface area contributed by atoms with Crippen molar-refractivity contribution in [3.8, 4) is 0 Å². The number of hydrogen-bond acceptors (Lipinski definition) is 2. The van der Waals surface area contributed by atoms with Gasteiger partial charge in [0.05, 0.1) is 9.94 Å². The molecule has 1 aromatic heterocycles. The molecule has 0 aromatic carbocycles. The average molecular weight is 231 g/mol. The first-order valence-corrected chi connectivity index (χ1v) is 6.30. The van der Waals surface area contributed by atoms with Crippen molar-refractivity contribution in [2.24, 2.45) is 0 Å². The van der Waals surface area contributed by atoms with Gasteiger partial charge in [0, 0.05) is 4.88 Å². The fourth-order valence-electron chi connectivity index (χ4n) is 2.07. The zero-order chi connectivity index (χ0) is 10.2. The first-order chi connectivity index (χ1) is 6.62. The minimum absolute atomic E-state index is 0.583. The van der Waals surface area contributed by atoms with Gasteiger partial charge in [-0.25, -0.2) is 0 Å². The highest BCUT2D eigenvalue weighted by Gasteiger charge is 2.32. The molecule has 1 saturated carbocycles. The van der Waals surface area contributed by atoms with Crippen molar-refractivity contribution in [3.63, 3.8) is 0 Å². The standard InChI is InChI=1S/C11H15ClOS/c1-8-7-9(14-10(8)12)11(13)5-3-2-4-6-11/h7,13H,2-6H2,1H3. The highest BCUT2D eigenvalue weighted by molar-refractivity contribution is 7.16. The molecular formula is C11H15ClOS. The van der Waals surface area contributed by atoms with E-state index in [4.69, 9.17) is 11.6 Å². The molecule has 0 amide bonds. The Hall–Kier alpha value is -0.0500. The van der Waals surface area contributed by atoms with Crippen molar-refractivity contribution in [1.82, 2.24) is 0 Å². The molecule has 0 atom stereocenters. The summed E-state index contributed by atoms with van der Waals surface area (Å²) in [5.41, 5.74) is 0.506. The van der Waals surface area contributed by atoms with Crippen molar-refractivity contribution < 1.29 is 5.11 Å². The van der Waals surface area contributed by atoms with Gasteiger partial charge in [-0.2, -0.15) is 0 Å². The zero-order valence-electron chi connectivity index (χ0n) is 8.35. The second-order valence-corrected chi connectivity index (χ2v) is 5.81. The normalized spacial score (nSPS) is 21.1. The van der Waals surface area contributed by atoms with Crippen molar-refractivity contribution in [2.45, 2.75) is 44.6 Å². The first kappa shape index (κ1) is 10.5. The summed E-state index contributed by atoms with van der Waals surface area (Å²) in [6, 6.07) is 2.04. The van der Waals surface area contributed by atoms with Gasteiger partial charge in [0.15, 0.2) is 0 Å². The number of thiophene rings is 1. The minimum atomic E-state index is -0.583. The Morgan fingerprint density at radius 1 is 1.36 bits per heavy atom. The van der Waals surface area contributed by atoms with Crippen LogP contribution in [0.3, 0.4) is 0 Å². The first-order valence-electron chi connectivity index (χ1n) is 5.11. The predicted molar refractivity (Wildman–Crippen MR) is 61.0 cm³/mol. The van der Waals surface area contributed by atoms with E-state index in [1.807, 2.05) is 13.0 Å². The van der Waals surface area contributed by atoms with Gasteiger partial charge in [0.2, 0.25) is 0 Å². The third-order valence-electron chi connectivity index (χ3n) is 3.00. The van der Waals surface area contributed by atoms with E-state index in [-0.39, 0.29) is 0 Å². The molecule has 0 saturated heterocycles. The van der Waals surface area contributed by atoms with Crippen LogP contribution in [0.25, 0.3) is 0 Å². The fraction of sp³-hybridized carbons (Fsp3) is 0.636. The minimum Gasteiger partial charge on any atom is -0.384 e. The molecule has 1 aliphatic carbocycles. The monoisotopic (exact) mass is 230 g/mol. The summed E-state index contributed by atoms with van der Waals surface area (Å²) >= 11 is 7.55. The van der Waals surface area contributed by atoms with Crippen LogP contribution in [0.1, 0.15) is 42.5 Å². The molecule has 1 N–H and O–H groups in total. The molecule has 1 heterocycles. The van der Waals surface area contributed by atoms with Gasteiger partial charge in [0.1, 0.15) is 0 Å². The van der Waals surface area contributed by atoms with Crippen molar-refractivity contribution in [3.05, 3.63) is 20.8 Å². The Balaban J connectivity index is 2.28. The Kier molecular flexibility index (Phi) is 2.87. The van der Waals surface area contributed by atoms with E-state index in [9.17, 15) is 5.11 Å². The predicted octanol–water partition coefficient (Wildman–Crippen LogP) is 3.86. The molecular weight excluding hydrogens is 216 g/mol. The zero-order valence-corrected chi connectivity index (χ0v) is 9.92. The summed E-state index contributed by atoms with van der Waals surface area (Å²) in [4.78, 5) is 1.06. The molecule has 0 radical (unpaired) electrons. The second kappa shape index (κ2) is 3.84. The van der Waals surface area contributed by atoms with E-state index >= 15 is 0 Å². The van der Waals surface area contributed by atoms with E-state index in [0.717, 1.165) is 40.5 Å². The highest BCUT2D eigenvalue weighted by Crippen LogP contribution is 2.42. The lowest BCUT2D eigenvalue weighted by Gasteiger charge is -2.30. The van der Waals surface area contributed by atoms with Crippen LogP contribution in [0.15, 0.2) is 6.07 Å². The van der Waals surface area contributed by atoms with Crippen molar-refractivity contribution in [1.29, 1.82) is 0 Å². The van der Waals surface area contributed by atoms with E-state index in [1.165, 1.54) is 17.8 Å². The van der Waals surface area contributed by atoms with Gasteiger partial charge in [-0.1, -0.05) is 30.9 Å². The number of aryl methyl sites for hydroxylation is 1. The number of halogens is 1. The van der Waals surface area contributed by atoms with E-state index in [2.05, 4.69) is 0 Å². The maximum atomic E-state index is 10.4. The lowest BCUT2D eigenvalue weighted by Crippen LogP contribution is -2.27. The Labute approximate surface area is 93.7 Å². The smallest absolute Gasteiger partial charge is 0.0988 e. The summed E-state index contributed by atoms with van der Waals surface area (Å²) < 4.78 is 0.819. The third-order valence-corrected chi connectivity index (χ3v) is 4.75. The molecule has 3 heteroatoms. The molecule has 0 unspecified atom stereocenters. The van der Waals surface area contributed by atoms with Crippen molar-refractivity contribution in [2.75, 3.05) is 0 Å². The van der Waals surface area contributed by atoms with Gasteiger partial charge >= 0.3 is 0 Å². The quantitative estimate of drug-likeness (QED) is 0.777. The van der Waals surface area contributed by atoms with Crippen molar-refractivity contribution >= 4 is 22.9 Å². The van der Waals surface area contributed by atoms with E-state index < -0.39 is 5.60 Å². The van der Waals surface area contributed by atoms with Gasteiger partial charge < -0.3 is 5.11 Å². The number of rotatable bonds is 1. The molecule has 1 nitrogen and oxygen atoms in total. The Bertz CT molecular complexity index is 307. The van der Waals surface area contributed by atoms with Crippen LogP contribution in [0.4, 0.5) is 0 Å². The van der Waals surface area contributed by atoms with Gasteiger partial charge in [-0.3, -0.25) is 0 Å².